The third-order valence-electron chi connectivity index (χ3n) is 2.21. The molecule has 5 nitrogen and oxygen atoms in total. The third kappa shape index (κ3) is 4.74. The molecule has 2 N–H and O–H groups in total. The minimum Gasteiger partial charge on any atom is -0.447 e. The Hall–Kier alpha value is -1.75. The smallest absolute Gasteiger partial charge is 0.407 e. The maximum absolute atomic E-state index is 11.1. The molecule has 1 aromatic rings. The van der Waals surface area contributed by atoms with Crippen molar-refractivity contribution >= 4 is 11.8 Å². The number of nitrogens with zero attached hydrogens (tertiary/aromatic N) is 1. The Morgan fingerprint density at radius 3 is 2.53 bits per heavy atom. The van der Waals surface area contributed by atoms with Gasteiger partial charge in [-0.1, -0.05) is 12.1 Å². The molecule has 0 spiro atoms. The zero-order valence-corrected chi connectivity index (χ0v) is 10.1. The van der Waals surface area contributed by atoms with Gasteiger partial charge in [0.05, 0.1) is 6.61 Å². The van der Waals surface area contributed by atoms with Gasteiger partial charge in [-0.2, -0.15) is 0 Å². The lowest BCUT2D eigenvalue weighted by molar-refractivity contribution is 0.119. The van der Waals surface area contributed by atoms with E-state index in [1.165, 1.54) is 0 Å². The summed E-state index contributed by atoms with van der Waals surface area (Å²) >= 11 is 0. The second-order valence-electron chi connectivity index (χ2n) is 3.77. The molecule has 1 rings (SSSR count). The van der Waals surface area contributed by atoms with E-state index < -0.39 is 6.09 Å². The van der Waals surface area contributed by atoms with E-state index in [9.17, 15) is 4.79 Å². The zero-order chi connectivity index (χ0) is 12.7. The number of carbonyl (C=O) groups is 1. The molecule has 0 bridgehead atoms. The lowest BCUT2D eigenvalue weighted by Gasteiger charge is -2.12. The molecule has 0 aliphatic heterocycles. The fourth-order valence-electron chi connectivity index (χ4n) is 1.28. The van der Waals surface area contributed by atoms with Crippen molar-refractivity contribution in [3.05, 3.63) is 29.8 Å². The standard InChI is InChI=1S/C12H18N2O3/c1-14(2)11-5-3-10(4-6-11)9-13-12(16)17-8-7-15/h3-6,15H,7-9H2,1-2H3,(H,13,16). The Morgan fingerprint density at radius 1 is 1.35 bits per heavy atom. The number of benzene rings is 1. The zero-order valence-electron chi connectivity index (χ0n) is 10.1. The summed E-state index contributed by atoms with van der Waals surface area (Å²) in [5, 5.41) is 11.1. The summed E-state index contributed by atoms with van der Waals surface area (Å²) in [6, 6.07) is 7.86. The van der Waals surface area contributed by atoms with Crippen molar-refractivity contribution in [2.45, 2.75) is 6.54 Å². The number of nitrogens with one attached hydrogen (secondary N) is 1. The number of alkyl carbamates (subject to hydrolysis) is 1. The predicted octanol–water partition coefficient (Wildman–Crippen LogP) is 0.971. The van der Waals surface area contributed by atoms with Gasteiger partial charge in [0.25, 0.3) is 0 Å². The third-order valence-corrected chi connectivity index (χ3v) is 2.21. The first kappa shape index (κ1) is 13.3. The van der Waals surface area contributed by atoms with Gasteiger partial charge >= 0.3 is 6.09 Å². The number of aliphatic hydroxyl groups excluding tert-OH is 1. The molecule has 94 valence electrons. The molecule has 0 saturated carbocycles. The van der Waals surface area contributed by atoms with Crippen LogP contribution in [0.1, 0.15) is 5.56 Å². The van der Waals surface area contributed by atoms with E-state index in [1.807, 2.05) is 43.3 Å². The van der Waals surface area contributed by atoms with E-state index in [-0.39, 0.29) is 13.2 Å². The normalized spacial score (nSPS) is 9.82. The van der Waals surface area contributed by atoms with Crippen LogP contribution in [0.15, 0.2) is 24.3 Å². The van der Waals surface area contributed by atoms with Crippen LogP contribution in [0.3, 0.4) is 0 Å². The Bertz CT molecular complexity index is 349. The molecule has 1 amide bonds. The van der Waals surface area contributed by atoms with Crippen LogP contribution in [0.25, 0.3) is 0 Å². The van der Waals surface area contributed by atoms with Gasteiger partial charge in [0.1, 0.15) is 6.61 Å². The summed E-state index contributed by atoms with van der Waals surface area (Å²) in [6.07, 6.45) is -0.518. The number of hydrogen-bond donors (Lipinski definition) is 2. The number of amides is 1. The second-order valence-corrected chi connectivity index (χ2v) is 3.77. The fourth-order valence-corrected chi connectivity index (χ4v) is 1.28. The maximum Gasteiger partial charge on any atom is 0.407 e. The van der Waals surface area contributed by atoms with Crippen molar-refractivity contribution in [2.75, 3.05) is 32.2 Å². The quantitative estimate of drug-likeness (QED) is 0.802. The lowest BCUT2D eigenvalue weighted by atomic mass is 10.2. The summed E-state index contributed by atoms with van der Waals surface area (Å²) < 4.78 is 4.67. The molecule has 0 aromatic heterocycles. The van der Waals surface area contributed by atoms with E-state index in [4.69, 9.17) is 5.11 Å². The monoisotopic (exact) mass is 238 g/mol. The summed E-state index contributed by atoms with van der Waals surface area (Å²) in [7, 11) is 3.94. The Morgan fingerprint density at radius 2 is 2.00 bits per heavy atom. The Balaban J connectivity index is 2.39. The minimum atomic E-state index is -0.518. The van der Waals surface area contributed by atoms with Crippen molar-refractivity contribution in [2.24, 2.45) is 0 Å². The second kappa shape index (κ2) is 6.75. The number of aliphatic hydroxyl groups is 1. The van der Waals surface area contributed by atoms with Gasteiger partial charge in [0.15, 0.2) is 0 Å². The van der Waals surface area contributed by atoms with Crippen molar-refractivity contribution in [1.82, 2.24) is 5.32 Å². The van der Waals surface area contributed by atoms with Crippen LogP contribution in [-0.4, -0.2) is 38.5 Å². The molecular weight excluding hydrogens is 220 g/mol. The molecule has 0 aliphatic rings. The largest absolute Gasteiger partial charge is 0.447 e. The summed E-state index contributed by atoms with van der Waals surface area (Å²) in [6.45, 7) is 0.272. The van der Waals surface area contributed by atoms with Crippen LogP contribution in [-0.2, 0) is 11.3 Å². The van der Waals surface area contributed by atoms with Crippen LogP contribution >= 0.6 is 0 Å². The van der Waals surface area contributed by atoms with Crippen molar-refractivity contribution in [3.63, 3.8) is 0 Å². The van der Waals surface area contributed by atoms with Gasteiger partial charge < -0.3 is 20.1 Å². The van der Waals surface area contributed by atoms with E-state index in [2.05, 4.69) is 10.1 Å². The molecule has 17 heavy (non-hydrogen) atoms. The number of hydrogen-bond acceptors (Lipinski definition) is 4. The first-order valence-electron chi connectivity index (χ1n) is 5.41. The van der Waals surface area contributed by atoms with Gasteiger partial charge in [-0.15, -0.1) is 0 Å². The van der Waals surface area contributed by atoms with E-state index in [0.29, 0.717) is 6.54 Å². The van der Waals surface area contributed by atoms with Gasteiger partial charge in [0.2, 0.25) is 0 Å². The average molecular weight is 238 g/mol. The molecule has 1 aromatic carbocycles. The van der Waals surface area contributed by atoms with E-state index >= 15 is 0 Å². The minimum absolute atomic E-state index is 0.0192. The maximum atomic E-state index is 11.1. The molecule has 5 heteroatoms. The van der Waals surface area contributed by atoms with Gasteiger partial charge in [-0.05, 0) is 17.7 Å². The molecule has 0 atom stereocenters. The highest BCUT2D eigenvalue weighted by molar-refractivity contribution is 5.67. The Labute approximate surface area is 101 Å². The number of anilines is 1. The first-order chi connectivity index (χ1) is 8.13. The van der Waals surface area contributed by atoms with Crippen molar-refractivity contribution in [1.29, 1.82) is 0 Å². The highest BCUT2D eigenvalue weighted by Crippen LogP contribution is 2.11. The first-order valence-corrected chi connectivity index (χ1v) is 5.41. The number of ether oxygens (including phenoxy) is 1. The van der Waals surface area contributed by atoms with Crippen LogP contribution < -0.4 is 10.2 Å². The molecule has 0 fully saturated rings. The highest BCUT2D eigenvalue weighted by Gasteiger charge is 2.01. The molecule has 0 aliphatic carbocycles. The van der Waals surface area contributed by atoms with Gasteiger partial charge in [-0.25, -0.2) is 4.79 Å². The molecule has 0 heterocycles. The molecule has 0 unspecified atom stereocenters. The SMILES string of the molecule is CN(C)c1ccc(CNC(=O)OCCO)cc1. The summed E-state index contributed by atoms with van der Waals surface area (Å²) in [4.78, 5) is 13.1. The van der Waals surface area contributed by atoms with Crippen LogP contribution in [0.2, 0.25) is 0 Å². The summed E-state index contributed by atoms with van der Waals surface area (Å²) in [5.41, 5.74) is 2.10. The number of carbonyl (C=O) groups excluding carboxylic acids is 1. The summed E-state index contributed by atoms with van der Waals surface area (Å²) in [5.74, 6) is 0. The van der Waals surface area contributed by atoms with Crippen molar-refractivity contribution < 1.29 is 14.6 Å². The Kier molecular flexibility index (Phi) is 5.29. The highest BCUT2D eigenvalue weighted by atomic mass is 16.6. The lowest BCUT2D eigenvalue weighted by Crippen LogP contribution is -2.24. The fraction of sp³-hybridized carbons (Fsp3) is 0.417. The van der Waals surface area contributed by atoms with E-state index in [0.717, 1.165) is 11.3 Å². The molecule has 0 saturated heterocycles. The van der Waals surface area contributed by atoms with Gasteiger partial charge in [-0.3, -0.25) is 0 Å². The van der Waals surface area contributed by atoms with E-state index in [1.54, 1.807) is 0 Å². The molecular formula is C12H18N2O3. The molecule has 0 radical (unpaired) electrons. The topological polar surface area (TPSA) is 61.8 Å². The predicted molar refractivity (Wildman–Crippen MR) is 66.0 cm³/mol. The van der Waals surface area contributed by atoms with Crippen LogP contribution in [0, 0.1) is 0 Å². The van der Waals surface area contributed by atoms with Crippen molar-refractivity contribution in [3.8, 4) is 0 Å². The number of rotatable bonds is 5. The average Bonchev–Trinajstić information content (AvgIpc) is 2.34. The van der Waals surface area contributed by atoms with Crippen LogP contribution in [0.4, 0.5) is 10.5 Å². The van der Waals surface area contributed by atoms with Gasteiger partial charge in [0, 0.05) is 26.3 Å². The van der Waals surface area contributed by atoms with Crippen LogP contribution in [0.5, 0.6) is 0 Å².